The lowest BCUT2D eigenvalue weighted by Crippen LogP contribution is -2.23. The Morgan fingerprint density at radius 2 is 2.03 bits per heavy atom. The van der Waals surface area contributed by atoms with Gasteiger partial charge in [-0.2, -0.15) is 0 Å². The van der Waals surface area contributed by atoms with Crippen molar-refractivity contribution in [1.82, 2.24) is 9.97 Å². The molecule has 0 aliphatic heterocycles. The number of rotatable bonds is 5. The van der Waals surface area contributed by atoms with Crippen LogP contribution in [0.1, 0.15) is 47.0 Å². The fourth-order valence-corrected chi connectivity index (χ4v) is 5.67. The van der Waals surface area contributed by atoms with Gasteiger partial charge in [-0.05, 0) is 50.3 Å². The third-order valence-electron chi connectivity index (χ3n) is 5.07. The third-order valence-corrected chi connectivity index (χ3v) is 7.26. The lowest BCUT2D eigenvalue weighted by molar-refractivity contribution is -0.115. The molecular formula is C21H23N3O3S2. The van der Waals surface area contributed by atoms with Crippen LogP contribution >= 0.6 is 23.1 Å². The van der Waals surface area contributed by atoms with Crippen LogP contribution in [0.5, 0.6) is 0 Å². The van der Waals surface area contributed by atoms with Gasteiger partial charge >= 0.3 is 5.97 Å². The first-order chi connectivity index (χ1) is 14.1. The molecule has 1 amide bonds. The van der Waals surface area contributed by atoms with Crippen molar-refractivity contribution in [3.8, 4) is 0 Å². The normalized spacial score (nSPS) is 14.8. The molecule has 0 fully saturated rings. The number of imidazole rings is 1. The van der Waals surface area contributed by atoms with Gasteiger partial charge in [0.1, 0.15) is 5.00 Å². The highest BCUT2D eigenvalue weighted by molar-refractivity contribution is 8.00. The number of anilines is 1. The molecule has 152 valence electrons. The van der Waals surface area contributed by atoms with E-state index < -0.39 is 0 Å². The molecule has 6 nitrogen and oxygen atoms in total. The Hall–Kier alpha value is -2.32. The summed E-state index contributed by atoms with van der Waals surface area (Å²) in [6, 6.07) is 7.77. The average molecular weight is 430 g/mol. The number of carbonyl (C=O) groups excluding carboxylic acids is 2. The number of nitrogens with one attached hydrogen (secondary N) is 2. The Balaban J connectivity index is 1.53. The molecular weight excluding hydrogens is 406 g/mol. The predicted octanol–water partition coefficient (Wildman–Crippen LogP) is 4.80. The number of carbonyl (C=O) groups is 2. The van der Waals surface area contributed by atoms with Gasteiger partial charge in [-0.25, -0.2) is 9.78 Å². The average Bonchev–Trinajstić information content (AvgIpc) is 3.19. The molecule has 8 heteroatoms. The largest absolute Gasteiger partial charge is 0.465 e. The summed E-state index contributed by atoms with van der Waals surface area (Å²) in [6.45, 7) is 1.84. The van der Waals surface area contributed by atoms with E-state index in [1.165, 1.54) is 35.1 Å². The van der Waals surface area contributed by atoms with Crippen molar-refractivity contribution >= 4 is 51.0 Å². The van der Waals surface area contributed by atoms with Crippen molar-refractivity contribution in [2.75, 3.05) is 12.4 Å². The number of methoxy groups -OCH3 is 1. The van der Waals surface area contributed by atoms with E-state index >= 15 is 0 Å². The van der Waals surface area contributed by atoms with Crippen molar-refractivity contribution in [2.45, 2.75) is 49.4 Å². The number of thiophene rings is 1. The number of thioether (sulfide) groups is 1. The zero-order valence-corrected chi connectivity index (χ0v) is 18.0. The summed E-state index contributed by atoms with van der Waals surface area (Å²) in [5, 5.41) is 3.90. The number of aromatic amines is 1. The summed E-state index contributed by atoms with van der Waals surface area (Å²) in [4.78, 5) is 34.2. The molecule has 0 radical (unpaired) electrons. The molecule has 29 heavy (non-hydrogen) atoms. The van der Waals surface area contributed by atoms with Crippen molar-refractivity contribution in [3.05, 3.63) is 40.3 Å². The zero-order chi connectivity index (χ0) is 20.4. The Bertz CT molecular complexity index is 1020. The highest BCUT2D eigenvalue weighted by Crippen LogP contribution is 2.38. The van der Waals surface area contributed by atoms with Crippen molar-refractivity contribution in [2.24, 2.45) is 0 Å². The van der Waals surface area contributed by atoms with Gasteiger partial charge in [-0.15, -0.1) is 11.3 Å². The highest BCUT2D eigenvalue weighted by atomic mass is 32.2. The van der Waals surface area contributed by atoms with E-state index in [-0.39, 0.29) is 17.1 Å². The molecule has 0 saturated heterocycles. The maximum atomic E-state index is 12.9. The minimum absolute atomic E-state index is 0.156. The molecule has 2 N–H and O–H groups in total. The van der Waals surface area contributed by atoms with Crippen LogP contribution in [-0.2, 0) is 22.4 Å². The van der Waals surface area contributed by atoms with E-state index in [0.717, 1.165) is 48.7 Å². The monoisotopic (exact) mass is 429 g/mol. The second-order valence-corrected chi connectivity index (χ2v) is 9.50. The van der Waals surface area contributed by atoms with Gasteiger partial charge in [0, 0.05) is 4.88 Å². The van der Waals surface area contributed by atoms with E-state index in [0.29, 0.717) is 15.7 Å². The predicted molar refractivity (Wildman–Crippen MR) is 117 cm³/mol. The fraction of sp³-hybridized carbons (Fsp3) is 0.381. The Kier molecular flexibility index (Phi) is 5.91. The van der Waals surface area contributed by atoms with Gasteiger partial charge in [-0.3, -0.25) is 4.79 Å². The molecule has 2 heterocycles. The number of esters is 1. The first-order valence-electron chi connectivity index (χ1n) is 9.72. The smallest absolute Gasteiger partial charge is 0.341 e. The Labute approximate surface area is 177 Å². The lowest BCUT2D eigenvalue weighted by Gasteiger charge is -2.11. The van der Waals surface area contributed by atoms with Crippen LogP contribution in [0.4, 0.5) is 5.00 Å². The maximum Gasteiger partial charge on any atom is 0.341 e. The van der Waals surface area contributed by atoms with Crippen LogP contribution in [0, 0.1) is 0 Å². The van der Waals surface area contributed by atoms with E-state index in [4.69, 9.17) is 4.74 Å². The summed E-state index contributed by atoms with van der Waals surface area (Å²) < 4.78 is 5.01. The van der Waals surface area contributed by atoms with Crippen LogP contribution in [0.15, 0.2) is 29.4 Å². The minimum atomic E-state index is -0.378. The number of hydrogen-bond donors (Lipinski definition) is 2. The SMILES string of the molecule is COC(=O)c1c(NC(=O)C(C)Sc2nc3ccccc3[nH]2)sc2c1CCCCC2. The molecule has 1 unspecified atom stereocenters. The van der Waals surface area contributed by atoms with Crippen molar-refractivity contribution < 1.29 is 14.3 Å². The summed E-state index contributed by atoms with van der Waals surface area (Å²) >= 11 is 2.87. The molecule has 0 saturated carbocycles. The quantitative estimate of drug-likeness (QED) is 0.346. The van der Waals surface area contributed by atoms with Crippen LogP contribution in [0.2, 0.25) is 0 Å². The zero-order valence-electron chi connectivity index (χ0n) is 16.4. The van der Waals surface area contributed by atoms with Gasteiger partial charge in [0.05, 0.1) is 29.0 Å². The van der Waals surface area contributed by atoms with Crippen LogP contribution in [0.25, 0.3) is 11.0 Å². The molecule has 1 aliphatic rings. The number of H-pyrrole nitrogens is 1. The summed E-state index contributed by atoms with van der Waals surface area (Å²) in [7, 11) is 1.38. The number of benzene rings is 1. The number of ether oxygens (including phenoxy) is 1. The molecule has 1 aromatic carbocycles. The number of aromatic nitrogens is 2. The van der Waals surface area contributed by atoms with E-state index in [1.807, 2.05) is 31.2 Å². The molecule has 0 bridgehead atoms. The van der Waals surface area contributed by atoms with Gasteiger partial charge in [-0.1, -0.05) is 30.3 Å². The molecule has 2 aromatic heterocycles. The number of fused-ring (bicyclic) bond motifs is 2. The number of para-hydroxylation sites is 2. The lowest BCUT2D eigenvalue weighted by atomic mass is 10.1. The molecule has 3 aromatic rings. The topological polar surface area (TPSA) is 84.1 Å². The highest BCUT2D eigenvalue weighted by Gasteiger charge is 2.27. The van der Waals surface area contributed by atoms with Crippen LogP contribution in [0.3, 0.4) is 0 Å². The van der Waals surface area contributed by atoms with Crippen molar-refractivity contribution in [1.29, 1.82) is 0 Å². The third kappa shape index (κ3) is 4.18. The summed E-state index contributed by atoms with van der Waals surface area (Å²) in [6.07, 6.45) is 5.13. The second-order valence-electron chi connectivity index (χ2n) is 7.07. The van der Waals surface area contributed by atoms with Gasteiger partial charge in [0.2, 0.25) is 5.91 Å². The summed E-state index contributed by atoms with van der Waals surface area (Å²) in [5.74, 6) is -0.533. The Morgan fingerprint density at radius 3 is 2.83 bits per heavy atom. The standard InChI is InChI=1S/C21H23N3O3S2/c1-12(28-21-22-14-9-6-7-10-15(14)23-21)18(25)24-19-17(20(26)27-2)13-8-4-3-5-11-16(13)29-19/h6-7,9-10,12H,3-5,8,11H2,1-2H3,(H,22,23)(H,24,25). The van der Waals surface area contributed by atoms with Crippen LogP contribution < -0.4 is 5.32 Å². The molecule has 1 atom stereocenters. The second kappa shape index (κ2) is 8.59. The van der Waals surface area contributed by atoms with Gasteiger partial charge in [0.25, 0.3) is 0 Å². The van der Waals surface area contributed by atoms with E-state index in [1.54, 1.807) is 0 Å². The number of hydrogen-bond acceptors (Lipinski definition) is 6. The van der Waals surface area contributed by atoms with Crippen LogP contribution in [-0.4, -0.2) is 34.2 Å². The first kappa shape index (κ1) is 20.0. The maximum absolute atomic E-state index is 12.9. The number of aryl methyl sites for hydroxylation is 1. The van der Waals surface area contributed by atoms with Gasteiger partial charge in [0.15, 0.2) is 5.16 Å². The molecule has 0 spiro atoms. The summed E-state index contributed by atoms with van der Waals surface area (Å²) in [5.41, 5.74) is 3.39. The van der Waals surface area contributed by atoms with E-state index in [9.17, 15) is 9.59 Å². The van der Waals surface area contributed by atoms with Crippen molar-refractivity contribution in [3.63, 3.8) is 0 Å². The van der Waals surface area contributed by atoms with E-state index in [2.05, 4.69) is 15.3 Å². The minimum Gasteiger partial charge on any atom is -0.465 e. The number of nitrogens with zero attached hydrogens (tertiary/aromatic N) is 1. The van der Waals surface area contributed by atoms with Gasteiger partial charge < -0.3 is 15.0 Å². The Morgan fingerprint density at radius 1 is 1.24 bits per heavy atom. The molecule has 1 aliphatic carbocycles. The first-order valence-corrected chi connectivity index (χ1v) is 11.4. The number of amides is 1. The fourth-order valence-electron chi connectivity index (χ4n) is 3.57. The molecule has 4 rings (SSSR count).